The number of nitrogens with two attached hydrogens (primary N) is 1. The van der Waals surface area contributed by atoms with Gasteiger partial charge >= 0.3 is 5.97 Å². The number of primary amides is 1. The Morgan fingerprint density at radius 2 is 2.09 bits per heavy atom. The first-order valence-electron chi connectivity index (χ1n) is 11.8. The van der Waals surface area contributed by atoms with E-state index in [-0.39, 0.29) is 29.6 Å². The van der Waals surface area contributed by atoms with Gasteiger partial charge in [-0.3, -0.25) is 4.79 Å². The number of aromatic nitrogens is 2. The van der Waals surface area contributed by atoms with E-state index in [0.29, 0.717) is 11.1 Å². The molecule has 35 heavy (non-hydrogen) atoms. The van der Waals surface area contributed by atoms with Crippen molar-refractivity contribution in [2.75, 3.05) is 29.9 Å². The molecule has 2 aromatic rings. The molecule has 0 aromatic carbocycles. The first-order valence-corrected chi connectivity index (χ1v) is 11.8. The fraction of sp³-hybridized carbons (Fsp3) is 0.346. The SMILES string of the molecule is CCOC(=O)c1cc(-c2ccc(N3CCC(C#N)CC3)nc2)c(C(N)=O)c(NC2=CCCC=C2)n1. The summed E-state index contributed by atoms with van der Waals surface area (Å²) in [5.41, 5.74) is 7.86. The average Bonchev–Trinajstić information content (AvgIpc) is 2.89. The topological polar surface area (TPSA) is 134 Å². The number of carbonyl (C=O) groups is 2. The van der Waals surface area contributed by atoms with Gasteiger partial charge in [0.25, 0.3) is 5.91 Å². The molecule has 9 nitrogen and oxygen atoms in total. The molecule has 3 heterocycles. The Morgan fingerprint density at radius 1 is 1.29 bits per heavy atom. The molecule has 0 atom stereocenters. The molecular weight excluding hydrogens is 444 g/mol. The Kier molecular flexibility index (Phi) is 7.41. The Labute approximate surface area is 204 Å². The van der Waals surface area contributed by atoms with Crippen molar-refractivity contribution in [1.29, 1.82) is 5.26 Å². The summed E-state index contributed by atoms with van der Waals surface area (Å²) < 4.78 is 5.16. The molecule has 1 fully saturated rings. The number of carbonyl (C=O) groups excluding carboxylic acids is 2. The summed E-state index contributed by atoms with van der Waals surface area (Å²) in [5.74, 6) is -0.194. The molecule has 0 spiro atoms. The van der Waals surface area contributed by atoms with Crippen molar-refractivity contribution in [3.8, 4) is 17.2 Å². The summed E-state index contributed by atoms with van der Waals surface area (Å²) in [6.07, 6.45) is 11.0. The monoisotopic (exact) mass is 472 g/mol. The number of hydrogen-bond donors (Lipinski definition) is 2. The van der Waals surface area contributed by atoms with Crippen LogP contribution < -0.4 is 16.0 Å². The third kappa shape index (κ3) is 5.49. The summed E-state index contributed by atoms with van der Waals surface area (Å²) in [4.78, 5) is 36.3. The summed E-state index contributed by atoms with van der Waals surface area (Å²) in [7, 11) is 0. The minimum Gasteiger partial charge on any atom is -0.461 e. The lowest BCUT2D eigenvalue weighted by Gasteiger charge is -2.30. The first-order chi connectivity index (χ1) is 17.0. The number of esters is 1. The smallest absolute Gasteiger partial charge is 0.357 e. The van der Waals surface area contributed by atoms with Crippen LogP contribution in [0.4, 0.5) is 11.6 Å². The number of nitrogens with one attached hydrogen (secondary N) is 1. The van der Waals surface area contributed by atoms with Gasteiger partial charge < -0.3 is 20.7 Å². The highest BCUT2D eigenvalue weighted by Gasteiger charge is 2.24. The van der Waals surface area contributed by atoms with Crippen LogP contribution >= 0.6 is 0 Å². The molecule has 1 aliphatic heterocycles. The van der Waals surface area contributed by atoms with E-state index in [4.69, 9.17) is 15.7 Å². The standard InChI is InChI=1S/C26H28N6O3/c1-2-35-26(34)21-14-20(23(24(28)33)25(31-21)30-19-6-4-3-5-7-19)18-8-9-22(29-16-18)32-12-10-17(15-27)11-13-32/h4,6-9,14,16-17H,2-3,5,10-13H2,1H3,(H2,28,33)(H,30,31). The quantitative estimate of drug-likeness (QED) is 0.581. The third-order valence-electron chi connectivity index (χ3n) is 6.07. The molecule has 180 valence electrons. The number of nitriles is 1. The number of pyridine rings is 2. The lowest BCUT2D eigenvalue weighted by molar-refractivity contribution is 0.0519. The van der Waals surface area contributed by atoms with E-state index in [1.54, 1.807) is 13.1 Å². The Hall–Kier alpha value is -4.19. The van der Waals surface area contributed by atoms with Crippen LogP contribution in [-0.2, 0) is 4.74 Å². The highest BCUT2D eigenvalue weighted by Crippen LogP contribution is 2.31. The van der Waals surface area contributed by atoms with Crippen molar-refractivity contribution in [3.63, 3.8) is 0 Å². The predicted molar refractivity (Wildman–Crippen MR) is 133 cm³/mol. The van der Waals surface area contributed by atoms with Gasteiger partial charge in [-0.05, 0) is 56.9 Å². The van der Waals surface area contributed by atoms with Gasteiger partial charge in [0.15, 0.2) is 5.69 Å². The third-order valence-corrected chi connectivity index (χ3v) is 6.07. The molecule has 0 radical (unpaired) electrons. The molecule has 0 saturated carbocycles. The number of piperidine rings is 1. The first kappa shape index (κ1) is 24.0. The minimum absolute atomic E-state index is 0.0670. The van der Waals surface area contributed by atoms with Gasteiger partial charge in [-0.15, -0.1) is 0 Å². The van der Waals surface area contributed by atoms with Gasteiger partial charge in [0.2, 0.25) is 0 Å². The molecule has 1 saturated heterocycles. The summed E-state index contributed by atoms with van der Waals surface area (Å²) in [6, 6.07) is 7.57. The molecule has 3 N–H and O–H groups in total. The normalized spacial score (nSPS) is 15.8. The molecule has 1 amide bonds. The maximum atomic E-state index is 12.6. The molecule has 1 aliphatic carbocycles. The molecule has 0 unspecified atom stereocenters. The number of amides is 1. The number of ether oxygens (including phenoxy) is 1. The van der Waals surface area contributed by atoms with E-state index < -0.39 is 11.9 Å². The predicted octanol–water partition coefficient (Wildman–Crippen LogP) is 3.80. The van der Waals surface area contributed by atoms with E-state index >= 15 is 0 Å². The van der Waals surface area contributed by atoms with Gasteiger partial charge in [-0.2, -0.15) is 5.26 Å². The second kappa shape index (κ2) is 10.8. The summed E-state index contributed by atoms with van der Waals surface area (Å²) in [6.45, 7) is 3.43. The number of nitrogens with zero attached hydrogens (tertiary/aromatic N) is 4. The second-order valence-electron chi connectivity index (χ2n) is 8.42. The fourth-order valence-corrected chi connectivity index (χ4v) is 4.24. The van der Waals surface area contributed by atoms with E-state index in [0.717, 1.165) is 50.3 Å². The van der Waals surface area contributed by atoms with Crippen LogP contribution in [0, 0.1) is 17.2 Å². The lowest BCUT2D eigenvalue weighted by Crippen LogP contribution is -2.33. The average molecular weight is 473 g/mol. The van der Waals surface area contributed by atoms with Gasteiger partial charge in [-0.25, -0.2) is 14.8 Å². The van der Waals surface area contributed by atoms with Crippen molar-refractivity contribution in [2.24, 2.45) is 11.7 Å². The van der Waals surface area contributed by atoms with Crippen molar-refractivity contribution in [3.05, 3.63) is 59.6 Å². The molecular formula is C26H28N6O3. The van der Waals surface area contributed by atoms with Gasteiger partial charge in [0.05, 0.1) is 18.2 Å². The van der Waals surface area contributed by atoms with E-state index in [2.05, 4.69) is 26.3 Å². The van der Waals surface area contributed by atoms with Gasteiger partial charge in [-0.1, -0.05) is 12.2 Å². The van der Waals surface area contributed by atoms with Crippen LogP contribution in [0.25, 0.3) is 11.1 Å². The van der Waals surface area contributed by atoms with Crippen molar-refractivity contribution < 1.29 is 14.3 Å². The van der Waals surface area contributed by atoms with Crippen molar-refractivity contribution in [2.45, 2.75) is 32.6 Å². The Bertz CT molecular complexity index is 1200. The number of anilines is 2. The molecule has 4 rings (SSSR count). The zero-order chi connectivity index (χ0) is 24.8. The molecule has 0 bridgehead atoms. The molecule has 9 heteroatoms. The minimum atomic E-state index is -0.673. The van der Waals surface area contributed by atoms with Crippen LogP contribution in [0.15, 0.2) is 48.3 Å². The van der Waals surface area contributed by atoms with E-state index in [9.17, 15) is 9.59 Å². The maximum Gasteiger partial charge on any atom is 0.357 e. The number of rotatable bonds is 7. The van der Waals surface area contributed by atoms with Crippen LogP contribution in [-0.4, -0.2) is 41.5 Å². The van der Waals surface area contributed by atoms with Gasteiger partial charge in [0.1, 0.15) is 11.6 Å². The van der Waals surface area contributed by atoms with Crippen LogP contribution in [0.5, 0.6) is 0 Å². The summed E-state index contributed by atoms with van der Waals surface area (Å²) in [5, 5.41) is 12.3. The zero-order valence-electron chi connectivity index (χ0n) is 19.7. The van der Waals surface area contributed by atoms with Crippen LogP contribution in [0.2, 0.25) is 0 Å². The van der Waals surface area contributed by atoms with Crippen LogP contribution in [0.3, 0.4) is 0 Å². The Balaban J connectivity index is 1.72. The molecule has 2 aromatic heterocycles. The van der Waals surface area contributed by atoms with E-state index in [1.807, 2.05) is 30.4 Å². The highest BCUT2D eigenvalue weighted by molar-refractivity contribution is 6.06. The van der Waals surface area contributed by atoms with Crippen molar-refractivity contribution >= 4 is 23.5 Å². The maximum absolute atomic E-state index is 12.6. The summed E-state index contributed by atoms with van der Waals surface area (Å²) >= 11 is 0. The largest absolute Gasteiger partial charge is 0.461 e. The van der Waals surface area contributed by atoms with E-state index in [1.165, 1.54) is 6.07 Å². The highest BCUT2D eigenvalue weighted by atomic mass is 16.5. The molecule has 2 aliphatic rings. The second-order valence-corrected chi connectivity index (χ2v) is 8.42. The van der Waals surface area contributed by atoms with Gasteiger partial charge in [0, 0.05) is 42.0 Å². The fourth-order valence-electron chi connectivity index (χ4n) is 4.24. The van der Waals surface area contributed by atoms with Crippen LogP contribution in [0.1, 0.15) is 53.5 Å². The van der Waals surface area contributed by atoms with Crippen molar-refractivity contribution in [1.82, 2.24) is 9.97 Å². The number of allylic oxidation sites excluding steroid dienone is 3. The lowest BCUT2D eigenvalue weighted by atomic mass is 9.98. The zero-order valence-corrected chi connectivity index (χ0v) is 19.7. The number of hydrogen-bond acceptors (Lipinski definition) is 8. The Morgan fingerprint density at radius 3 is 2.69 bits per heavy atom.